The average Bonchev–Trinajstić information content (AvgIpc) is 3.04. The van der Waals surface area contributed by atoms with Crippen molar-refractivity contribution in [3.8, 4) is 0 Å². The topological polar surface area (TPSA) is 35.5 Å². The van der Waals surface area contributed by atoms with Crippen molar-refractivity contribution in [2.45, 2.75) is 25.9 Å². The molecule has 3 rings (SSSR count). The van der Waals surface area contributed by atoms with Crippen molar-refractivity contribution in [1.29, 1.82) is 0 Å². The van der Waals surface area contributed by atoms with E-state index in [1.165, 1.54) is 17.2 Å². The molecule has 3 nitrogen and oxygen atoms in total. The Morgan fingerprint density at radius 3 is 2.65 bits per heavy atom. The van der Waals surface area contributed by atoms with Crippen molar-refractivity contribution in [2.75, 3.05) is 7.11 Å². The number of hydrogen-bond acceptors (Lipinski definition) is 3. The molecule has 1 aromatic rings. The van der Waals surface area contributed by atoms with E-state index >= 15 is 0 Å². The van der Waals surface area contributed by atoms with Crippen LogP contribution in [0.2, 0.25) is 0 Å². The normalized spacial score (nSPS) is 28.9. The van der Waals surface area contributed by atoms with Gasteiger partial charge in [-0.3, -0.25) is 0 Å². The van der Waals surface area contributed by atoms with Crippen LogP contribution in [0.5, 0.6) is 0 Å². The monoisotopic (exact) mass is 270 g/mol. The number of carbonyl (C=O) groups is 1. The first-order chi connectivity index (χ1) is 9.65. The predicted octanol–water partition coefficient (Wildman–Crippen LogP) is 3.33. The zero-order valence-electron chi connectivity index (χ0n) is 11.8. The van der Waals surface area contributed by atoms with Crippen LogP contribution in [0.25, 0.3) is 5.57 Å². The zero-order chi connectivity index (χ0) is 14.2. The van der Waals surface area contributed by atoms with Crippen LogP contribution in [0.15, 0.2) is 48.2 Å². The van der Waals surface area contributed by atoms with E-state index in [2.05, 4.69) is 19.1 Å². The summed E-state index contributed by atoms with van der Waals surface area (Å²) in [6, 6.07) is 10.3. The van der Waals surface area contributed by atoms with Crippen LogP contribution in [0.3, 0.4) is 0 Å². The second-order valence-electron chi connectivity index (χ2n) is 5.51. The summed E-state index contributed by atoms with van der Waals surface area (Å²) in [6.45, 7) is 2.11. The Hall–Kier alpha value is -2.03. The van der Waals surface area contributed by atoms with Gasteiger partial charge in [0.15, 0.2) is 0 Å². The summed E-state index contributed by atoms with van der Waals surface area (Å²) in [6.07, 6.45) is 4.97. The second-order valence-corrected chi connectivity index (χ2v) is 5.51. The molecule has 2 aliphatic rings. The molecule has 0 spiro atoms. The van der Waals surface area contributed by atoms with Crippen molar-refractivity contribution >= 4 is 11.5 Å². The van der Waals surface area contributed by atoms with Crippen molar-refractivity contribution in [3.63, 3.8) is 0 Å². The molecule has 3 heteroatoms. The molecule has 0 N–H and O–H groups in total. The first-order valence-corrected chi connectivity index (χ1v) is 6.87. The van der Waals surface area contributed by atoms with E-state index in [9.17, 15) is 4.79 Å². The quantitative estimate of drug-likeness (QED) is 0.790. The number of allylic oxidation sites excluding steroid dienone is 1. The van der Waals surface area contributed by atoms with Gasteiger partial charge in [0.1, 0.15) is 11.9 Å². The number of hydrogen-bond donors (Lipinski definition) is 0. The first kappa shape index (κ1) is 13.0. The number of carbonyl (C=O) groups excluding carboxylic acids is 1. The molecule has 1 aliphatic carbocycles. The van der Waals surface area contributed by atoms with Crippen LogP contribution in [0, 0.1) is 5.41 Å². The number of ether oxygens (including phenoxy) is 2. The van der Waals surface area contributed by atoms with Gasteiger partial charge in [-0.2, -0.15) is 0 Å². The molecule has 1 heterocycles. The maximum Gasteiger partial charge on any atom is 0.331 e. The predicted molar refractivity (Wildman–Crippen MR) is 76.7 cm³/mol. The summed E-state index contributed by atoms with van der Waals surface area (Å²) in [5.41, 5.74) is 2.12. The van der Waals surface area contributed by atoms with E-state index in [0.29, 0.717) is 0 Å². The van der Waals surface area contributed by atoms with Gasteiger partial charge < -0.3 is 9.47 Å². The highest BCUT2D eigenvalue weighted by Gasteiger charge is 2.47. The van der Waals surface area contributed by atoms with Crippen molar-refractivity contribution in [1.82, 2.24) is 0 Å². The number of esters is 1. The number of rotatable bonds is 3. The second kappa shape index (κ2) is 4.82. The van der Waals surface area contributed by atoms with Crippen LogP contribution in [-0.4, -0.2) is 19.2 Å². The molecule has 0 saturated heterocycles. The summed E-state index contributed by atoms with van der Waals surface area (Å²) < 4.78 is 11.1. The van der Waals surface area contributed by atoms with E-state index in [1.807, 2.05) is 24.3 Å². The molecule has 104 valence electrons. The summed E-state index contributed by atoms with van der Waals surface area (Å²) in [5, 5.41) is 0. The van der Waals surface area contributed by atoms with E-state index in [1.54, 1.807) is 7.11 Å². The standard InChI is InChI=1S/C17H18O3/c1-17(14-8-9-15(18)20-14)11-10-13(16(17)19-2)12-6-4-3-5-7-12/h3-9,14H,10-11H2,1-2H3/t14-,17-/m1/s1. The van der Waals surface area contributed by atoms with Crippen LogP contribution in [0.4, 0.5) is 0 Å². The van der Waals surface area contributed by atoms with Gasteiger partial charge in [-0.05, 0) is 37.0 Å². The first-order valence-electron chi connectivity index (χ1n) is 6.87. The Morgan fingerprint density at radius 2 is 2.05 bits per heavy atom. The molecule has 0 bridgehead atoms. The fourth-order valence-corrected chi connectivity index (χ4v) is 3.21. The number of methoxy groups -OCH3 is 1. The lowest BCUT2D eigenvalue weighted by Crippen LogP contribution is -2.32. The van der Waals surface area contributed by atoms with Gasteiger partial charge in [0.2, 0.25) is 0 Å². The molecule has 0 amide bonds. The molecule has 0 fully saturated rings. The summed E-state index contributed by atoms with van der Waals surface area (Å²) in [7, 11) is 1.70. The average molecular weight is 270 g/mol. The van der Waals surface area contributed by atoms with Gasteiger partial charge in [0, 0.05) is 6.08 Å². The van der Waals surface area contributed by atoms with Gasteiger partial charge in [-0.25, -0.2) is 4.79 Å². The molecule has 0 unspecified atom stereocenters. The van der Waals surface area contributed by atoms with Crippen molar-refractivity contribution < 1.29 is 14.3 Å². The largest absolute Gasteiger partial charge is 0.500 e. The lowest BCUT2D eigenvalue weighted by molar-refractivity contribution is -0.142. The molecule has 1 aliphatic heterocycles. The SMILES string of the molecule is COC1=C(c2ccccc2)CC[C@]1(C)[C@H]1C=CC(=O)O1. The zero-order valence-corrected chi connectivity index (χ0v) is 11.8. The van der Waals surface area contributed by atoms with Gasteiger partial charge in [-0.15, -0.1) is 0 Å². The minimum atomic E-state index is -0.275. The van der Waals surface area contributed by atoms with Gasteiger partial charge in [-0.1, -0.05) is 30.3 Å². The van der Waals surface area contributed by atoms with Gasteiger partial charge in [0.25, 0.3) is 0 Å². The Kier molecular flexibility index (Phi) is 3.13. The summed E-state index contributed by atoms with van der Waals surface area (Å²) in [5.74, 6) is 0.674. The summed E-state index contributed by atoms with van der Waals surface area (Å²) in [4.78, 5) is 11.3. The summed E-state index contributed by atoms with van der Waals surface area (Å²) >= 11 is 0. The highest BCUT2D eigenvalue weighted by molar-refractivity contribution is 5.85. The molecule has 0 saturated carbocycles. The molecule has 20 heavy (non-hydrogen) atoms. The lowest BCUT2D eigenvalue weighted by Gasteiger charge is -2.31. The smallest absolute Gasteiger partial charge is 0.331 e. The maximum absolute atomic E-state index is 11.3. The Balaban J connectivity index is 2.01. The third-order valence-electron chi connectivity index (χ3n) is 4.29. The van der Waals surface area contributed by atoms with E-state index in [4.69, 9.17) is 9.47 Å². The minimum Gasteiger partial charge on any atom is -0.500 e. The van der Waals surface area contributed by atoms with E-state index in [0.717, 1.165) is 18.6 Å². The van der Waals surface area contributed by atoms with Gasteiger partial charge in [0.05, 0.1) is 12.5 Å². The number of benzene rings is 1. The highest BCUT2D eigenvalue weighted by Crippen LogP contribution is 2.50. The van der Waals surface area contributed by atoms with E-state index < -0.39 is 0 Å². The molecule has 2 atom stereocenters. The van der Waals surface area contributed by atoms with Crippen LogP contribution < -0.4 is 0 Å². The third kappa shape index (κ3) is 1.94. The fourth-order valence-electron chi connectivity index (χ4n) is 3.21. The minimum absolute atomic E-state index is 0.230. The van der Waals surface area contributed by atoms with Crippen molar-refractivity contribution in [2.24, 2.45) is 5.41 Å². The van der Waals surface area contributed by atoms with Gasteiger partial charge >= 0.3 is 5.97 Å². The van der Waals surface area contributed by atoms with E-state index in [-0.39, 0.29) is 17.5 Å². The maximum atomic E-state index is 11.3. The van der Waals surface area contributed by atoms with Crippen LogP contribution >= 0.6 is 0 Å². The lowest BCUT2D eigenvalue weighted by atomic mass is 9.82. The molecule has 0 radical (unpaired) electrons. The molecule has 0 aromatic heterocycles. The van der Waals surface area contributed by atoms with Crippen LogP contribution in [-0.2, 0) is 14.3 Å². The highest BCUT2D eigenvalue weighted by atomic mass is 16.6. The number of cyclic esters (lactones) is 1. The molecule has 1 aromatic carbocycles. The molecular weight excluding hydrogens is 252 g/mol. The Morgan fingerprint density at radius 1 is 1.30 bits per heavy atom. The Bertz CT molecular complexity index is 586. The van der Waals surface area contributed by atoms with Crippen LogP contribution in [0.1, 0.15) is 25.3 Å². The van der Waals surface area contributed by atoms with Crippen molar-refractivity contribution in [3.05, 3.63) is 53.8 Å². The Labute approximate surface area is 118 Å². The third-order valence-corrected chi connectivity index (χ3v) is 4.29. The molecular formula is C17H18O3. The fraction of sp³-hybridized carbons (Fsp3) is 0.353.